The van der Waals surface area contributed by atoms with E-state index in [1.807, 2.05) is 0 Å². The standard InChI is InChI=1S/C13H14Cl2N2O2/c14-9-4-1-3-8(12(9)15)7-16-13(19)10-5-2-6-11(18)17-10/h1,3-4,10H,2,5-7H2,(H,16,19)(H,17,18)/t10-/m1/s1. The highest BCUT2D eigenvalue weighted by Crippen LogP contribution is 2.25. The second-order valence-electron chi connectivity index (χ2n) is 4.44. The zero-order chi connectivity index (χ0) is 13.8. The summed E-state index contributed by atoms with van der Waals surface area (Å²) in [5.41, 5.74) is 0.754. The van der Waals surface area contributed by atoms with Gasteiger partial charge in [0.2, 0.25) is 11.8 Å². The lowest BCUT2D eigenvalue weighted by Crippen LogP contribution is -2.48. The summed E-state index contributed by atoms with van der Waals surface area (Å²) in [6.45, 7) is 0.296. The van der Waals surface area contributed by atoms with Gasteiger partial charge in [-0.05, 0) is 24.5 Å². The fourth-order valence-electron chi connectivity index (χ4n) is 1.99. The molecule has 1 aliphatic heterocycles. The number of halogens is 2. The maximum atomic E-state index is 11.9. The van der Waals surface area contributed by atoms with Crippen molar-refractivity contribution in [2.24, 2.45) is 0 Å². The molecule has 4 nitrogen and oxygen atoms in total. The number of carbonyl (C=O) groups is 2. The van der Waals surface area contributed by atoms with Crippen molar-refractivity contribution in [3.05, 3.63) is 33.8 Å². The van der Waals surface area contributed by atoms with Crippen molar-refractivity contribution in [1.29, 1.82) is 0 Å². The van der Waals surface area contributed by atoms with Gasteiger partial charge < -0.3 is 10.6 Å². The molecule has 1 aromatic carbocycles. The third kappa shape index (κ3) is 3.61. The Bertz CT molecular complexity index is 505. The number of benzene rings is 1. The van der Waals surface area contributed by atoms with Crippen molar-refractivity contribution < 1.29 is 9.59 Å². The summed E-state index contributed by atoms with van der Waals surface area (Å²) >= 11 is 11.9. The van der Waals surface area contributed by atoms with Crippen LogP contribution in [0.25, 0.3) is 0 Å². The fraction of sp³-hybridized carbons (Fsp3) is 0.385. The van der Waals surface area contributed by atoms with E-state index in [9.17, 15) is 9.59 Å². The SMILES string of the molecule is O=C1CCC[C@H](C(=O)NCc2cccc(Cl)c2Cl)N1. The van der Waals surface area contributed by atoms with E-state index in [0.717, 1.165) is 12.0 Å². The molecule has 1 fully saturated rings. The molecule has 0 radical (unpaired) electrons. The average molecular weight is 301 g/mol. The van der Waals surface area contributed by atoms with Gasteiger partial charge in [0, 0.05) is 13.0 Å². The predicted octanol–water partition coefficient (Wildman–Crippen LogP) is 2.28. The normalized spacial score (nSPS) is 18.8. The zero-order valence-electron chi connectivity index (χ0n) is 10.2. The van der Waals surface area contributed by atoms with Crippen LogP contribution >= 0.6 is 23.2 Å². The minimum absolute atomic E-state index is 0.0767. The number of hydrogen-bond acceptors (Lipinski definition) is 2. The van der Waals surface area contributed by atoms with Crippen molar-refractivity contribution in [2.75, 3.05) is 0 Å². The maximum absolute atomic E-state index is 11.9. The third-order valence-corrected chi connectivity index (χ3v) is 3.89. The van der Waals surface area contributed by atoms with E-state index < -0.39 is 6.04 Å². The Kier molecular flexibility index (Phi) is 4.66. The molecule has 0 aromatic heterocycles. The third-order valence-electron chi connectivity index (χ3n) is 3.03. The van der Waals surface area contributed by atoms with Crippen LogP contribution in [0.15, 0.2) is 18.2 Å². The van der Waals surface area contributed by atoms with Crippen LogP contribution in [-0.4, -0.2) is 17.9 Å². The molecular formula is C13H14Cl2N2O2. The van der Waals surface area contributed by atoms with Crippen LogP contribution in [0.2, 0.25) is 10.0 Å². The summed E-state index contributed by atoms with van der Waals surface area (Å²) in [5, 5.41) is 6.33. The van der Waals surface area contributed by atoms with E-state index in [1.165, 1.54) is 0 Å². The first kappa shape index (κ1) is 14.2. The largest absolute Gasteiger partial charge is 0.350 e. The zero-order valence-corrected chi connectivity index (χ0v) is 11.7. The molecule has 0 saturated carbocycles. The smallest absolute Gasteiger partial charge is 0.242 e. The van der Waals surface area contributed by atoms with E-state index >= 15 is 0 Å². The average Bonchev–Trinajstić information content (AvgIpc) is 2.40. The summed E-state index contributed by atoms with van der Waals surface area (Å²) in [4.78, 5) is 23.1. The first-order valence-corrected chi connectivity index (χ1v) is 6.83. The van der Waals surface area contributed by atoms with Crippen molar-refractivity contribution in [2.45, 2.75) is 31.8 Å². The van der Waals surface area contributed by atoms with Gasteiger partial charge in [-0.15, -0.1) is 0 Å². The van der Waals surface area contributed by atoms with E-state index in [2.05, 4.69) is 10.6 Å². The molecule has 19 heavy (non-hydrogen) atoms. The number of piperidine rings is 1. The topological polar surface area (TPSA) is 58.2 Å². The van der Waals surface area contributed by atoms with Crippen molar-refractivity contribution in [3.8, 4) is 0 Å². The number of hydrogen-bond donors (Lipinski definition) is 2. The van der Waals surface area contributed by atoms with Gasteiger partial charge in [0.15, 0.2) is 0 Å². The number of amides is 2. The van der Waals surface area contributed by atoms with Gasteiger partial charge in [-0.3, -0.25) is 9.59 Å². The maximum Gasteiger partial charge on any atom is 0.242 e. The van der Waals surface area contributed by atoms with Crippen LogP contribution in [0, 0.1) is 0 Å². The highest BCUT2D eigenvalue weighted by Gasteiger charge is 2.24. The minimum Gasteiger partial charge on any atom is -0.350 e. The van der Waals surface area contributed by atoms with Crippen LogP contribution in [0.3, 0.4) is 0 Å². The molecule has 1 atom stereocenters. The first-order chi connectivity index (χ1) is 9.08. The fourth-order valence-corrected chi connectivity index (χ4v) is 2.38. The minimum atomic E-state index is -0.445. The molecule has 2 rings (SSSR count). The Hall–Kier alpha value is -1.26. The van der Waals surface area contributed by atoms with E-state index in [-0.39, 0.29) is 11.8 Å². The molecule has 2 amide bonds. The van der Waals surface area contributed by atoms with Crippen molar-refractivity contribution in [3.63, 3.8) is 0 Å². The van der Waals surface area contributed by atoms with Crippen molar-refractivity contribution in [1.82, 2.24) is 10.6 Å². The van der Waals surface area contributed by atoms with Gasteiger partial charge in [0.05, 0.1) is 10.0 Å². The summed E-state index contributed by atoms with van der Waals surface area (Å²) in [5.74, 6) is -0.267. The van der Waals surface area contributed by atoms with Crippen molar-refractivity contribution >= 4 is 35.0 Å². The highest BCUT2D eigenvalue weighted by molar-refractivity contribution is 6.42. The summed E-state index contributed by atoms with van der Waals surface area (Å²) in [7, 11) is 0. The lowest BCUT2D eigenvalue weighted by Gasteiger charge is -2.22. The van der Waals surface area contributed by atoms with E-state index in [0.29, 0.717) is 29.4 Å². The van der Waals surface area contributed by atoms with Crippen LogP contribution in [0.1, 0.15) is 24.8 Å². The molecule has 2 N–H and O–H groups in total. The highest BCUT2D eigenvalue weighted by atomic mass is 35.5. The molecule has 1 heterocycles. The molecule has 0 aliphatic carbocycles. The molecular weight excluding hydrogens is 287 g/mol. The van der Waals surface area contributed by atoms with Crippen LogP contribution in [0.4, 0.5) is 0 Å². The second-order valence-corrected chi connectivity index (χ2v) is 5.23. The lowest BCUT2D eigenvalue weighted by atomic mass is 10.0. The summed E-state index contributed by atoms with van der Waals surface area (Å²) in [6.07, 6.45) is 1.90. The van der Waals surface area contributed by atoms with E-state index in [1.54, 1.807) is 18.2 Å². The Morgan fingerprint density at radius 2 is 2.21 bits per heavy atom. The molecule has 0 bridgehead atoms. The molecule has 102 valence electrons. The predicted molar refractivity (Wildman–Crippen MR) is 74.1 cm³/mol. The first-order valence-electron chi connectivity index (χ1n) is 6.08. The second kappa shape index (κ2) is 6.26. The van der Waals surface area contributed by atoms with Gasteiger partial charge in [-0.25, -0.2) is 0 Å². The van der Waals surface area contributed by atoms with Gasteiger partial charge in [0.1, 0.15) is 6.04 Å². The van der Waals surface area contributed by atoms with Gasteiger partial charge in [0.25, 0.3) is 0 Å². The molecule has 1 aromatic rings. The molecule has 1 aliphatic rings. The Labute approximate surface area is 121 Å². The number of nitrogens with one attached hydrogen (secondary N) is 2. The van der Waals surface area contributed by atoms with Crippen LogP contribution in [0.5, 0.6) is 0 Å². The molecule has 6 heteroatoms. The van der Waals surface area contributed by atoms with E-state index in [4.69, 9.17) is 23.2 Å². The lowest BCUT2D eigenvalue weighted by molar-refractivity contribution is -0.131. The number of carbonyl (C=O) groups excluding carboxylic acids is 2. The molecule has 0 unspecified atom stereocenters. The van der Waals surface area contributed by atoms with Crippen LogP contribution < -0.4 is 10.6 Å². The van der Waals surface area contributed by atoms with Gasteiger partial charge >= 0.3 is 0 Å². The Morgan fingerprint density at radius 1 is 1.42 bits per heavy atom. The number of rotatable bonds is 3. The van der Waals surface area contributed by atoms with Gasteiger partial charge in [-0.1, -0.05) is 35.3 Å². The summed E-state index contributed by atoms with van der Waals surface area (Å²) in [6, 6.07) is 4.82. The summed E-state index contributed by atoms with van der Waals surface area (Å²) < 4.78 is 0. The molecule has 0 spiro atoms. The quantitative estimate of drug-likeness (QED) is 0.900. The monoisotopic (exact) mass is 300 g/mol. The Balaban J connectivity index is 1.93. The molecule has 1 saturated heterocycles. The Morgan fingerprint density at radius 3 is 2.95 bits per heavy atom. The van der Waals surface area contributed by atoms with Crippen LogP contribution in [-0.2, 0) is 16.1 Å². The van der Waals surface area contributed by atoms with Gasteiger partial charge in [-0.2, -0.15) is 0 Å².